The Kier molecular flexibility index (Phi) is 2.58. The van der Waals surface area contributed by atoms with E-state index in [0.29, 0.717) is 25.1 Å². The van der Waals surface area contributed by atoms with E-state index in [4.69, 9.17) is 5.11 Å². The molecular weight excluding hydrogens is 209 g/mol. The molecule has 0 aromatic heterocycles. The van der Waals surface area contributed by atoms with Crippen molar-refractivity contribution in [2.24, 2.45) is 5.41 Å². The number of anilines is 1. The summed E-state index contributed by atoms with van der Waals surface area (Å²) in [4.78, 5) is 12.8. The van der Waals surface area contributed by atoms with Gasteiger partial charge in [0, 0.05) is 19.3 Å². The summed E-state index contributed by atoms with van der Waals surface area (Å²) >= 11 is 0. The second-order valence-electron chi connectivity index (χ2n) is 4.42. The molecule has 1 N–H and O–H groups in total. The number of aliphatic carboxylic acids is 1. The van der Waals surface area contributed by atoms with Crippen LogP contribution in [0.4, 0.5) is 10.1 Å². The van der Waals surface area contributed by atoms with Gasteiger partial charge in [0.1, 0.15) is 5.82 Å². The van der Waals surface area contributed by atoms with Gasteiger partial charge in [0.15, 0.2) is 0 Å². The van der Waals surface area contributed by atoms with Gasteiger partial charge in [-0.15, -0.1) is 0 Å². The lowest BCUT2D eigenvalue weighted by atomic mass is 10.1. The fourth-order valence-electron chi connectivity index (χ4n) is 1.85. The molecule has 1 fully saturated rings. The molecule has 0 saturated heterocycles. The smallest absolute Gasteiger partial charge is 0.311 e. The molecule has 0 spiro atoms. The van der Waals surface area contributed by atoms with E-state index >= 15 is 0 Å². The van der Waals surface area contributed by atoms with Crippen molar-refractivity contribution in [3.05, 3.63) is 30.1 Å². The van der Waals surface area contributed by atoms with Crippen LogP contribution >= 0.6 is 0 Å². The van der Waals surface area contributed by atoms with Crippen molar-refractivity contribution in [3.63, 3.8) is 0 Å². The number of hydrogen-bond donors (Lipinski definition) is 1. The van der Waals surface area contributed by atoms with Gasteiger partial charge in [-0.25, -0.2) is 4.39 Å². The highest BCUT2D eigenvalue weighted by Crippen LogP contribution is 2.46. The maximum Gasteiger partial charge on any atom is 0.311 e. The molecule has 1 saturated carbocycles. The van der Waals surface area contributed by atoms with E-state index < -0.39 is 11.4 Å². The van der Waals surface area contributed by atoms with E-state index in [1.807, 2.05) is 0 Å². The lowest BCUT2D eigenvalue weighted by molar-refractivity contribution is -0.142. The summed E-state index contributed by atoms with van der Waals surface area (Å²) in [5, 5.41) is 9.05. The van der Waals surface area contributed by atoms with Crippen LogP contribution in [0.25, 0.3) is 0 Å². The van der Waals surface area contributed by atoms with Crippen molar-refractivity contribution in [2.45, 2.75) is 12.8 Å². The van der Waals surface area contributed by atoms with Gasteiger partial charge < -0.3 is 10.0 Å². The predicted octanol–water partition coefficient (Wildman–Crippen LogP) is 2.13. The van der Waals surface area contributed by atoms with Crippen LogP contribution in [-0.4, -0.2) is 24.7 Å². The van der Waals surface area contributed by atoms with Crippen LogP contribution in [0.5, 0.6) is 0 Å². The van der Waals surface area contributed by atoms with Crippen LogP contribution in [0.3, 0.4) is 0 Å². The van der Waals surface area contributed by atoms with E-state index in [1.165, 1.54) is 12.1 Å². The van der Waals surface area contributed by atoms with Crippen LogP contribution in [0, 0.1) is 11.2 Å². The molecule has 0 unspecified atom stereocenters. The second kappa shape index (κ2) is 3.77. The number of hydrogen-bond acceptors (Lipinski definition) is 2. The number of carbonyl (C=O) groups is 1. The summed E-state index contributed by atoms with van der Waals surface area (Å²) < 4.78 is 13.0. The van der Waals surface area contributed by atoms with E-state index in [9.17, 15) is 9.18 Å². The lowest BCUT2D eigenvalue weighted by Crippen LogP contribution is -2.31. The Hall–Kier alpha value is -1.58. The minimum Gasteiger partial charge on any atom is -0.481 e. The first-order valence-corrected chi connectivity index (χ1v) is 5.24. The van der Waals surface area contributed by atoms with Crippen LogP contribution in [0.1, 0.15) is 12.8 Å². The van der Waals surface area contributed by atoms with E-state index in [1.54, 1.807) is 24.1 Å². The molecule has 0 bridgehead atoms. The van der Waals surface area contributed by atoms with E-state index in [2.05, 4.69) is 0 Å². The standard InChI is InChI=1S/C12H14FNO2/c1-14(8-12(5-6-12)11(15)16)10-4-2-3-9(13)7-10/h2-4,7H,5-6,8H2,1H3,(H,15,16). The molecule has 1 aromatic rings. The molecule has 86 valence electrons. The second-order valence-corrected chi connectivity index (χ2v) is 4.42. The number of rotatable bonds is 4. The third-order valence-electron chi connectivity index (χ3n) is 3.10. The number of benzene rings is 1. The Labute approximate surface area is 93.5 Å². The SMILES string of the molecule is CN(CC1(C(=O)O)CC1)c1cccc(F)c1. The lowest BCUT2D eigenvalue weighted by Gasteiger charge is -2.23. The number of carboxylic acid groups (broad SMARTS) is 1. The fourth-order valence-corrected chi connectivity index (χ4v) is 1.85. The highest BCUT2D eigenvalue weighted by atomic mass is 19.1. The van der Waals surface area contributed by atoms with Gasteiger partial charge in [-0.2, -0.15) is 0 Å². The van der Waals surface area contributed by atoms with Crippen LogP contribution in [0.2, 0.25) is 0 Å². The minimum atomic E-state index is -0.754. The van der Waals surface area contributed by atoms with Gasteiger partial charge in [0.25, 0.3) is 0 Å². The summed E-state index contributed by atoms with van der Waals surface area (Å²) in [5.74, 6) is -1.06. The minimum absolute atomic E-state index is 0.301. The molecular formula is C12H14FNO2. The maximum absolute atomic E-state index is 13.0. The molecule has 16 heavy (non-hydrogen) atoms. The molecule has 0 amide bonds. The Morgan fingerprint density at radius 3 is 2.75 bits per heavy atom. The topological polar surface area (TPSA) is 40.5 Å². The molecule has 0 heterocycles. The average molecular weight is 223 g/mol. The molecule has 0 atom stereocenters. The molecule has 4 heteroatoms. The summed E-state index contributed by atoms with van der Waals surface area (Å²) in [6.07, 6.45) is 1.42. The average Bonchev–Trinajstić information content (AvgIpc) is 2.99. The van der Waals surface area contributed by atoms with Crippen molar-refractivity contribution in [1.82, 2.24) is 0 Å². The molecule has 1 aromatic carbocycles. The number of halogens is 1. The first-order valence-electron chi connectivity index (χ1n) is 5.24. The summed E-state index contributed by atoms with van der Waals surface area (Å²) in [6, 6.07) is 6.20. The van der Waals surface area contributed by atoms with Crippen molar-refractivity contribution < 1.29 is 14.3 Å². The molecule has 1 aliphatic rings. The van der Waals surface area contributed by atoms with Gasteiger partial charge in [-0.05, 0) is 31.0 Å². The van der Waals surface area contributed by atoms with Crippen molar-refractivity contribution >= 4 is 11.7 Å². The normalized spacial score (nSPS) is 16.9. The van der Waals surface area contributed by atoms with E-state index in [-0.39, 0.29) is 5.82 Å². The first-order chi connectivity index (χ1) is 7.53. The monoisotopic (exact) mass is 223 g/mol. The van der Waals surface area contributed by atoms with Crippen LogP contribution < -0.4 is 4.90 Å². The molecule has 1 aliphatic carbocycles. The Morgan fingerprint density at radius 2 is 2.25 bits per heavy atom. The number of nitrogens with zero attached hydrogens (tertiary/aromatic N) is 1. The Bertz CT molecular complexity index is 415. The van der Waals surface area contributed by atoms with Gasteiger partial charge in [0.05, 0.1) is 5.41 Å². The predicted molar refractivity (Wildman–Crippen MR) is 59.0 cm³/mol. The number of carboxylic acids is 1. The van der Waals surface area contributed by atoms with Gasteiger partial charge in [-0.1, -0.05) is 6.07 Å². The zero-order valence-electron chi connectivity index (χ0n) is 9.11. The van der Waals surface area contributed by atoms with Crippen LogP contribution in [-0.2, 0) is 4.79 Å². The zero-order chi connectivity index (χ0) is 11.8. The Balaban J connectivity index is 2.09. The highest BCUT2D eigenvalue weighted by Gasteiger charge is 2.50. The summed E-state index contributed by atoms with van der Waals surface area (Å²) in [5.41, 5.74) is 0.105. The van der Waals surface area contributed by atoms with Gasteiger partial charge >= 0.3 is 5.97 Å². The Morgan fingerprint density at radius 1 is 1.56 bits per heavy atom. The fraction of sp³-hybridized carbons (Fsp3) is 0.417. The third kappa shape index (κ3) is 2.01. The van der Waals surface area contributed by atoms with Gasteiger partial charge in [0.2, 0.25) is 0 Å². The molecule has 2 rings (SSSR count). The van der Waals surface area contributed by atoms with Crippen molar-refractivity contribution in [2.75, 3.05) is 18.5 Å². The van der Waals surface area contributed by atoms with Crippen molar-refractivity contribution in [1.29, 1.82) is 0 Å². The highest BCUT2D eigenvalue weighted by molar-refractivity contribution is 5.78. The quantitative estimate of drug-likeness (QED) is 0.850. The molecule has 0 aliphatic heterocycles. The largest absolute Gasteiger partial charge is 0.481 e. The van der Waals surface area contributed by atoms with Gasteiger partial charge in [-0.3, -0.25) is 4.79 Å². The summed E-state index contributed by atoms with van der Waals surface area (Å²) in [6.45, 7) is 0.436. The summed E-state index contributed by atoms with van der Waals surface area (Å²) in [7, 11) is 1.79. The molecule has 0 radical (unpaired) electrons. The van der Waals surface area contributed by atoms with Crippen LogP contribution in [0.15, 0.2) is 24.3 Å². The zero-order valence-corrected chi connectivity index (χ0v) is 9.11. The van der Waals surface area contributed by atoms with E-state index in [0.717, 1.165) is 0 Å². The third-order valence-corrected chi connectivity index (χ3v) is 3.10. The molecule has 3 nitrogen and oxygen atoms in total. The van der Waals surface area contributed by atoms with Crippen molar-refractivity contribution in [3.8, 4) is 0 Å². The first kappa shape index (κ1) is 10.9. The maximum atomic E-state index is 13.0.